The Hall–Kier alpha value is -4.97. The highest BCUT2D eigenvalue weighted by molar-refractivity contribution is 7.92. The predicted octanol–water partition coefficient (Wildman–Crippen LogP) is 3.27. The first-order valence-electron chi connectivity index (χ1n) is 11.0. The van der Waals surface area contributed by atoms with E-state index in [0.717, 1.165) is 6.26 Å². The maximum absolute atomic E-state index is 12.6. The molecule has 37 heavy (non-hydrogen) atoms. The highest BCUT2D eigenvalue weighted by Gasteiger charge is 2.22. The Bertz CT molecular complexity index is 1820. The van der Waals surface area contributed by atoms with E-state index in [2.05, 4.69) is 30.9 Å². The second-order valence-electron chi connectivity index (χ2n) is 8.27. The van der Waals surface area contributed by atoms with Crippen LogP contribution >= 0.6 is 0 Å². The fourth-order valence-corrected chi connectivity index (χ4v) is 4.30. The molecular formula is C25H20N6O5S. The summed E-state index contributed by atoms with van der Waals surface area (Å²) in [6, 6.07) is 20.1. The van der Waals surface area contributed by atoms with E-state index < -0.39 is 20.9 Å². The second kappa shape index (κ2) is 9.24. The van der Waals surface area contributed by atoms with Gasteiger partial charge in [0.25, 0.3) is 16.8 Å². The molecule has 1 heterocycles. The monoisotopic (exact) mass is 516 g/mol. The number of benzene rings is 3. The van der Waals surface area contributed by atoms with E-state index in [1.165, 1.54) is 6.07 Å². The number of fused-ring (bicyclic) bond motifs is 1. The van der Waals surface area contributed by atoms with Gasteiger partial charge in [-0.15, -0.1) is 0 Å². The molecule has 0 aliphatic carbocycles. The lowest BCUT2D eigenvalue weighted by atomic mass is 10.1. The fraction of sp³-hybridized carbons (Fsp3) is 0.0400. The van der Waals surface area contributed by atoms with Crippen molar-refractivity contribution in [2.24, 2.45) is 0 Å². The van der Waals surface area contributed by atoms with Crippen molar-refractivity contribution < 1.29 is 13.2 Å². The highest BCUT2D eigenvalue weighted by Crippen LogP contribution is 2.29. The zero-order valence-electron chi connectivity index (χ0n) is 19.3. The molecule has 0 saturated heterocycles. The minimum absolute atomic E-state index is 0.0476. The zero-order valence-corrected chi connectivity index (χ0v) is 20.1. The van der Waals surface area contributed by atoms with Gasteiger partial charge in [-0.2, -0.15) is 5.10 Å². The molecule has 0 aliphatic rings. The van der Waals surface area contributed by atoms with E-state index in [-0.39, 0.29) is 17.3 Å². The number of amides is 1. The zero-order chi connectivity index (χ0) is 26.2. The summed E-state index contributed by atoms with van der Waals surface area (Å²) in [4.78, 5) is 37.2. The summed E-state index contributed by atoms with van der Waals surface area (Å²) in [6.07, 6.45) is 1.03. The van der Waals surface area contributed by atoms with Crippen molar-refractivity contribution in [1.82, 2.24) is 10.2 Å². The van der Waals surface area contributed by atoms with Crippen LogP contribution in [0.3, 0.4) is 0 Å². The first-order chi connectivity index (χ1) is 17.7. The molecule has 1 amide bonds. The van der Waals surface area contributed by atoms with Crippen LogP contribution in [0.1, 0.15) is 10.4 Å². The fourth-order valence-electron chi connectivity index (χ4n) is 3.75. The van der Waals surface area contributed by atoms with Crippen molar-refractivity contribution in [2.45, 2.75) is 0 Å². The Morgan fingerprint density at radius 1 is 0.811 bits per heavy atom. The van der Waals surface area contributed by atoms with Gasteiger partial charge in [-0.05, 0) is 48.5 Å². The molecule has 0 atom stereocenters. The van der Waals surface area contributed by atoms with Crippen LogP contribution in [-0.2, 0) is 10.0 Å². The number of nitrogens with zero attached hydrogens (tertiary/aromatic N) is 1. The van der Waals surface area contributed by atoms with Crippen molar-refractivity contribution in [2.75, 3.05) is 26.9 Å². The van der Waals surface area contributed by atoms with Crippen LogP contribution in [0.2, 0.25) is 0 Å². The van der Waals surface area contributed by atoms with Gasteiger partial charge in [-0.25, -0.2) is 8.42 Å². The Balaban J connectivity index is 1.38. The van der Waals surface area contributed by atoms with Gasteiger partial charge in [0.15, 0.2) is 5.82 Å². The molecule has 1 aromatic heterocycles. The number of H-pyrrole nitrogens is 1. The number of nitrogens with one attached hydrogen (secondary N) is 5. The normalized spacial score (nSPS) is 11.4. The summed E-state index contributed by atoms with van der Waals surface area (Å²) in [5.41, 5.74) is 1.05. The Labute approximate surface area is 210 Å². The number of carbonyl (C=O) groups is 1. The number of sulfonamides is 1. The summed E-state index contributed by atoms with van der Waals surface area (Å²) in [5, 5.41) is 16.2. The molecule has 0 spiro atoms. The molecule has 5 aromatic rings. The van der Waals surface area contributed by atoms with Crippen LogP contribution < -0.4 is 31.5 Å². The van der Waals surface area contributed by atoms with Crippen molar-refractivity contribution in [3.8, 4) is 0 Å². The van der Waals surface area contributed by atoms with E-state index in [1.54, 1.807) is 60.7 Å². The lowest BCUT2D eigenvalue weighted by Gasteiger charge is -2.16. The SMILES string of the molecule is CS(=O)(=O)Nc1cccc(Nc2c(Nc3ccc4[nH]nc(NC(=O)c5ccccc5)c4c3)c(=O)c2=O)c1. The van der Waals surface area contributed by atoms with Gasteiger partial charge in [-0.3, -0.25) is 24.2 Å². The summed E-state index contributed by atoms with van der Waals surface area (Å²) >= 11 is 0. The summed E-state index contributed by atoms with van der Waals surface area (Å²) in [5.74, 6) is -0.0139. The third kappa shape index (κ3) is 5.04. The number of carbonyl (C=O) groups excluding carboxylic acids is 1. The van der Waals surface area contributed by atoms with Crippen LogP contribution in [0.5, 0.6) is 0 Å². The lowest BCUT2D eigenvalue weighted by molar-refractivity contribution is 0.102. The minimum atomic E-state index is -3.48. The summed E-state index contributed by atoms with van der Waals surface area (Å²) < 4.78 is 25.4. The molecule has 5 rings (SSSR count). The highest BCUT2D eigenvalue weighted by atomic mass is 32.2. The molecule has 0 unspecified atom stereocenters. The third-order valence-electron chi connectivity index (χ3n) is 5.45. The summed E-state index contributed by atoms with van der Waals surface area (Å²) in [7, 11) is -3.48. The smallest absolute Gasteiger partial charge is 0.256 e. The predicted molar refractivity (Wildman–Crippen MR) is 143 cm³/mol. The van der Waals surface area contributed by atoms with Gasteiger partial charge in [0.2, 0.25) is 10.0 Å². The maximum Gasteiger partial charge on any atom is 0.256 e. The Kier molecular flexibility index (Phi) is 5.93. The topological polar surface area (TPSA) is 162 Å². The molecule has 0 saturated carbocycles. The van der Waals surface area contributed by atoms with E-state index in [9.17, 15) is 22.8 Å². The van der Waals surface area contributed by atoms with Gasteiger partial charge < -0.3 is 16.0 Å². The third-order valence-corrected chi connectivity index (χ3v) is 6.05. The number of anilines is 6. The van der Waals surface area contributed by atoms with Crippen molar-refractivity contribution in [3.05, 3.63) is 98.8 Å². The molecule has 11 nitrogen and oxygen atoms in total. The van der Waals surface area contributed by atoms with E-state index >= 15 is 0 Å². The second-order valence-corrected chi connectivity index (χ2v) is 10.0. The number of hydrogen-bond donors (Lipinski definition) is 5. The molecule has 4 aromatic carbocycles. The Morgan fingerprint density at radius 2 is 1.46 bits per heavy atom. The maximum atomic E-state index is 12.6. The van der Waals surface area contributed by atoms with Crippen LogP contribution in [0.15, 0.2) is 82.4 Å². The molecule has 0 aliphatic heterocycles. The standard InChI is InChI=1S/C25H20N6O5S/c1-37(35,36)31-17-9-5-8-15(12-17)26-20-21(23(33)22(20)32)27-16-10-11-19-18(13-16)24(30-29-19)28-25(34)14-6-3-2-4-7-14/h2-13,26-27,31H,1H3,(H2,28,29,30,34). The Morgan fingerprint density at radius 3 is 2.14 bits per heavy atom. The van der Waals surface area contributed by atoms with Crippen LogP contribution in [0, 0.1) is 0 Å². The van der Waals surface area contributed by atoms with Gasteiger partial charge in [0, 0.05) is 22.3 Å². The minimum Gasteiger partial charge on any atom is -0.350 e. The molecular weight excluding hydrogens is 496 g/mol. The van der Waals surface area contributed by atoms with Crippen molar-refractivity contribution in [1.29, 1.82) is 0 Å². The molecule has 5 N–H and O–H groups in total. The van der Waals surface area contributed by atoms with Gasteiger partial charge in [-0.1, -0.05) is 24.3 Å². The quantitative estimate of drug-likeness (QED) is 0.196. The molecule has 0 radical (unpaired) electrons. The molecule has 12 heteroatoms. The number of aromatic nitrogens is 2. The van der Waals surface area contributed by atoms with Gasteiger partial charge in [0.05, 0.1) is 17.5 Å². The average molecular weight is 517 g/mol. The van der Waals surface area contributed by atoms with Gasteiger partial charge >= 0.3 is 0 Å². The molecule has 186 valence electrons. The van der Waals surface area contributed by atoms with Crippen LogP contribution in [0.25, 0.3) is 10.9 Å². The number of hydrogen-bond acceptors (Lipinski definition) is 8. The van der Waals surface area contributed by atoms with Crippen molar-refractivity contribution in [3.63, 3.8) is 0 Å². The van der Waals surface area contributed by atoms with Crippen molar-refractivity contribution >= 4 is 61.1 Å². The van der Waals surface area contributed by atoms with Crippen LogP contribution in [-0.4, -0.2) is 30.8 Å². The molecule has 0 bridgehead atoms. The first kappa shape index (κ1) is 23.8. The average Bonchev–Trinajstić information content (AvgIpc) is 3.27. The largest absolute Gasteiger partial charge is 0.350 e. The van der Waals surface area contributed by atoms with Crippen LogP contribution in [0.4, 0.5) is 34.3 Å². The van der Waals surface area contributed by atoms with E-state index in [1.807, 2.05) is 6.07 Å². The van der Waals surface area contributed by atoms with E-state index in [4.69, 9.17) is 0 Å². The number of aromatic amines is 1. The molecule has 0 fully saturated rings. The number of rotatable bonds is 8. The summed E-state index contributed by atoms with van der Waals surface area (Å²) in [6.45, 7) is 0. The van der Waals surface area contributed by atoms with E-state index in [0.29, 0.717) is 39.3 Å². The lowest BCUT2D eigenvalue weighted by Crippen LogP contribution is -2.35. The first-order valence-corrected chi connectivity index (χ1v) is 12.9. The van der Waals surface area contributed by atoms with Gasteiger partial charge in [0.1, 0.15) is 11.4 Å².